The molecule has 0 aromatic heterocycles. The maximum Gasteiger partial charge on any atom is 0.147 e. The highest BCUT2D eigenvalue weighted by Gasteiger charge is 2.29. The fourth-order valence-corrected chi connectivity index (χ4v) is 0.932. The van der Waals surface area contributed by atoms with E-state index in [1.54, 1.807) is 6.08 Å². The monoisotopic (exact) mass is 160 g/mol. The van der Waals surface area contributed by atoms with E-state index >= 15 is 0 Å². The van der Waals surface area contributed by atoms with Crippen LogP contribution in [-0.4, -0.2) is 5.54 Å². The molecule has 1 rings (SSSR count). The minimum Gasteiger partial charge on any atom is -0.400 e. The lowest BCUT2D eigenvalue weighted by Crippen LogP contribution is -2.44. The third-order valence-corrected chi connectivity index (χ3v) is 1.80. The lowest BCUT2D eigenvalue weighted by molar-refractivity contribution is 0.622. The first-order valence-electron chi connectivity index (χ1n) is 3.40. The molecule has 0 spiro atoms. The predicted molar refractivity (Wildman–Crippen MR) is 43.1 cm³/mol. The van der Waals surface area contributed by atoms with Gasteiger partial charge in [0.05, 0.1) is 12.1 Å². The van der Waals surface area contributed by atoms with Gasteiger partial charge in [-0.15, -0.1) is 0 Å². The molecule has 4 nitrogen and oxygen atoms in total. The van der Waals surface area contributed by atoms with Gasteiger partial charge < -0.3 is 11.5 Å². The highest BCUT2D eigenvalue weighted by molar-refractivity contribution is 5.45. The molecular formula is C8H8N4. The Kier molecular flexibility index (Phi) is 1.86. The van der Waals surface area contributed by atoms with Crippen LogP contribution in [-0.2, 0) is 0 Å². The van der Waals surface area contributed by atoms with Crippen LogP contribution >= 0.6 is 0 Å². The van der Waals surface area contributed by atoms with E-state index in [0.29, 0.717) is 12.0 Å². The van der Waals surface area contributed by atoms with Crippen LogP contribution in [0.1, 0.15) is 6.42 Å². The van der Waals surface area contributed by atoms with Crippen LogP contribution < -0.4 is 11.5 Å². The first-order chi connectivity index (χ1) is 5.62. The standard InChI is InChI=1S/C8H8N4/c9-4-6-1-2-8(12,5-10)7(11)3-6/h1,3H,2,11-12H2. The Balaban J connectivity index is 3.02. The van der Waals surface area contributed by atoms with Crippen molar-refractivity contribution in [3.63, 3.8) is 0 Å². The zero-order valence-electron chi connectivity index (χ0n) is 6.41. The van der Waals surface area contributed by atoms with Gasteiger partial charge >= 0.3 is 0 Å². The van der Waals surface area contributed by atoms with Gasteiger partial charge in [-0.2, -0.15) is 10.5 Å². The Hall–Kier alpha value is -1.78. The zero-order valence-corrected chi connectivity index (χ0v) is 6.41. The summed E-state index contributed by atoms with van der Waals surface area (Å²) < 4.78 is 0. The molecule has 0 bridgehead atoms. The van der Waals surface area contributed by atoms with Crippen molar-refractivity contribution >= 4 is 0 Å². The first-order valence-corrected chi connectivity index (χ1v) is 3.40. The number of nitriles is 2. The van der Waals surface area contributed by atoms with Crippen LogP contribution in [0.15, 0.2) is 23.4 Å². The van der Waals surface area contributed by atoms with Crippen molar-refractivity contribution in [1.29, 1.82) is 10.5 Å². The molecule has 1 unspecified atom stereocenters. The second-order valence-electron chi connectivity index (χ2n) is 2.66. The second-order valence-corrected chi connectivity index (χ2v) is 2.66. The van der Waals surface area contributed by atoms with Crippen LogP contribution in [0.4, 0.5) is 0 Å². The molecule has 1 aliphatic carbocycles. The van der Waals surface area contributed by atoms with E-state index in [2.05, 4.69) is 0 Å². The summed E-state index contributed by atoms with van der Waals surface area (Å²) in [6.07, 6.45) is 3.35. The Morgan fingerprint density at radius 3 is 2.58 bits per heavy atom. The number of hydrogen-bond acceptors (Lipinski definition) is 4. The molecule has 0 aromatic rings. The third-order valence-electron chi connectivity index (χ3n) is 1.80. The zero-order chi connectivity index (χ0) is 9.19. The van der Waals surface area contributed by atoms with Crippen molar-refractivity contribution in [1.82, 2.24) is 0 Å². The SMILES string of the molecule is N#CC1=CCC(N)(C#N)C(N)=C1. The minimum absolute atomic E-state index is 0.254. The first kappa shape index (κ1) is 8.32. The number of allylic oxidation sites excluding steroid dienone is 2. The molecule has 0 fully saturated rings. The topological polar surface area (TPSA) is 99.6 Å². The van der Waals surface area contributed by atoms with Gasteiger partial charge in [-0.3, -0.25) is 0 Å². The highest BCUT2D eigenvalue weighted by Crippen LogP contribution is 2.21. The Bertz CT molecular complexity index is 339. The summed E-state index contributed by atoms with van der Waals surface area (Å²) in [4.78, 5) is 0. The molecule has 1 atom stereocenters. The average molecular weight is 160 g/mol. The fraction of sp³-hybridized carbons (Fsp3) is 0.250. The van der Waals surface area contributed by atoms with Gasteiger partial charge in [0.2, 0.25) is 0 Å². The summed E-state index contributed by atoms with van der Waals surface area (Å²) >= 11 is 0. The molecule has 60 valence electrons. The van der Waals surface area contributed by atoms with Crippen LogP contribution in [0.5, 0.6) is 0 Å². The van der Waals surface area contributed by atoms with E-state index in [0.717, 1.165) is 0 Å². The van der Waals surface area contributed by atoms with Gasteiger partial charge in [0.1, 0.15) is 5.54 Å². The van der Waals surface area contributed by atoms with Crippen molar-refractivity contribution in [2.24, 2.45) is 11.5 Å². The summed E-state index contributed by atoms with van der Waals surface area (Å²) in [5.74, 6) is 0. The van der Waals surface area contributed by atoms with Crippen LogP contribution in [0, 0.1) is 22.7 Å². The Morgan fingerprint density at radius 2 is 2.17 bits per heavy atom. The summed E-state index contributed by atoms with van der Waals surface area (Å²) in [5.41, 5.74) is 10.7. The Labute approximate surface area is 70.4 Å². The molecule has 0 heterocycles. The number of nitrogens with zero attached hydrogens (tertiary/aromatic N) is 2. The molecule has 4 heteroatoms. The van der Waals surface area contributed by atoms with E-state index < -0.39 is 5.54 Å². The lowest BCUT2D eigenvalue weighted by atomic mass is 9.88. The van der Waals surface area contributed by atoms with Crippen molar-refractivity contribution in [3.8, 4) is 12.1 Å². The second kappa shape index (κ2) is 2.69. The fourth-order valence-electron chi connectivity index (χ4n) is 0.932. The largest absolute Gasteiger partial charge is 0.400 e. The summed E-state index contributed by atoms with van der Waals surface area (Å²) in [5, 5.41) is 17.2. The van der Waals surface area contributed by atoms with Gasteiger partial charge in [-0.25, -0.2) is 0 Å². The molecule has 12 heavy (non-hydrogen) atoms. The smallest absolute Gasteiger partial charge is 0.147 e. The van der Waals surface area contributed by atoms with Gasteiger partial charge in [-0.1, -0.05) is 6.08 Å². The normalized spacial score (nSPS) is 27.9. The van der Waals surface area contributed by atoms with Crippen molar-refractivity contribution < 1.29 is 0 Å². The van der Waals surface area contributed by atoms with E-state index in [-0.39, 0.29) is 5.70 Å². The highest BCUT2D eigenvalue weighted by atomic mass is 14.8. The summed E-state index contributed by atoms with van der Waals surface area (Å²) in [7, 11) is 0. The summed E-state index contributed by atoms with van der Waals surface area (Å²) in [6, 6.07) is 3.84. The van der Waals surface area contributed by atoms with Gasteiger partial charge in [0.25, 0.3) is 0 Å². The molecule has 4 N–H and O–H groups in total. The lowest BCUT2D eigenvalue weighted by Gasteiger charge is -2.23. The van der Waals surface area contributed by atoms with Crippen LogP contribution in [0.2, 0.25) is 0 Å². The molecule has 0 saturated carbocycles. The molecular weight excluding hydrogens is 152 g/mol. The molecule has 1 aliphatic rings. The molecule has 0 aliphatic heterocycles. The number of nitrogens with two attached hydrogens (primary N) is 2. The summed E-state index contributed by atoms with van der Waals surface area (Å²) in [6.45, 7) is 0. The quantitative estimate of drug-likeness (QED) is 0.517. The van der Waals surface area contributed by atoms with E-state index in [4.69, 9.17) is 22.0 Å². The van der Waals surface area contributed by atoms with E-state index in [9.17, 15) is 0 Å². The molecule has 0 radical (unpaired) electrons. The van der Waals surface area contributed by atoms with Crippen LogP contribution in [0.3, 0.4) is 0 Å². The molecule has 0 amide bonds. The van der Waals surface area contributed by atoms with Gasteiger partial charge in [0.15, 0.2) is 0 Å². The van der Waals surface area contributed by atoms with Gasteiger partial charge in [-0.05, 0) is 6.08 Å². The average Bonchev–Trinajstić information content (AvgIpc) is 2.10. The number of hydrogen-bond donors (Lipinski definition) is 2. The predicted octanol–water partition coefficient (Wildman–Crippen LogP) is -0.0962. The minimum atomic E-state index is -1.12. The van der Waals surface area contributed by atoms with Crippen LogP contribution in [0.25, 0.3) is 0 Å². The van der Waals surface area contributed by atoms with E-state index in [1.807, 2.05) is 12.1 Å². The third kappa shape index (κ3) is 1.16. The maximum atomic E-state index is 8.67. The van der Waals surface area contributed by atoms with Crippen molar-refractivity contribution in [2.45, 2.75) is 12.0 Å². The van der Waals surface area contributed by atoms with Crippen molar-refractivity contribution in [2.75, 3.05) is 0 Å². The molecule has 0 aromatic carbocycles. The number of rotatable bonds is 0. The van der Waals surface area contributed by atoms with Crippen molar-refractivity contribution in [3.05, 3.63) is 23.4 Å². The maximum absolute atomic E-state index is 8.67. The van der Waals surface area contributed by atoms with Gasteiger partial charge in [0, 0.05) is 17.7 Å². The Morgan fingerprint density at radius 1 is 1.50 bits per heavy atom. The molecule has 0 saturated heterocycles. The van der Waals surface area contributed by atoms with E-state index in [1.165, 1.54) is 6.08 Å².